The standard InChI is InChI=1S/C24H27N3O3S2/c1-5-10-27-23(29)21-17-11-18(14(2)3)30-12-19(17)32-22(21)26-24(27)31-13-20(28)25-16-8-6-15(4)7-9-16/h5-9,14,18H,1,10-13H2,2-4H3,(H,25,28)/t18-/m1/s1. The number of benzene rings is 1. The molecule has 32 heavy (non-hydrogen) atoms. The molecule has 1 aromatic carbocycles. The lowest BCUT2D eigenvalue weighted by molar-refractivity contribution is -0.113. The average Bonchev–Trinajstić information content (AvgIpc) is 3.13. The summed E-state index contributed by atoms with van der Waals surface area (Å²) < 4.78 is 7.60. The first-order valence-corrected chi connectivity index (χ1v) is 12.4. The first kappa shape index (κ1) is 22.8. The van der Waals surface area contributed by atoms with Crippen LogP contribution >= 0.6 is 23.1 Å². The molecule has 2 aromatic heterocycles. The van der Waals surface area contributed by atoms with E-state index in [0.717, 1.165) is 32.9 Å². The molecular formula is C24H27N3O3S2. The monoisotopic (exact) mass is 469 g/mol. The van der Waals surface area contributed by atoms with Crippen molar-refractivity contribution in [2.45, 2.75) is 51.6 Å². The van der Waals surface area contributed by atoms with Crippen molar-refractivity contribution < 1.29 is 9.53 Å². The highest BCUT2D eigenvalue weighted by Gasteiger charge is 2.28. The fourth-order valence-electron chi connectivity index (χ4n) is 3.73. The van der Waals surface area contributed by atoms with Crippen molar-refractivity contribution >= 4 is 44.9 Å². The van der Waals surface area contributed by atoms with Gasteiger partial charge in [0, 0.05) is 23.5 Å². The first-order chi connectivity index (χ1) is 15.4. The van der Waals surface area contributed by atoms with Crippen molar-refractivity contribution in [1.82, 2.24) is 9.55 Å². The van der Waals surface area contributed by atoms with E-state index in [1.54, 1.807) is 10.6 Å². The molecule has 0 fully saturated rings. The molecule has 8 heteroatoms. The molecule has 0 saturated carbocycles. The Morgan fingerprint density at radius 1 is 1.41 bits per heavy atom. The van der Waals surface area contributed by atoms with E-state index in [1.807, 2.05) is 31.2 Å². The molecule has 1 atom stereocenters. The van der Waals surface area contributed by atoms with E-state index in [9.17, 15) is 9.59 Å². The van der Waals surface area contributed by atoms with E-state index in [1.165, 1.54) is 23.1 Å². The summed E-state index contributed by atoms with van der Waals surface area (Å²) in [5.74, 6) is 0.396. The van der Waals surface area contributed by atoms with Crippen LogP contribution in [0.3, 0.4) is 0 Å². The van der Waals surface area contributed by atoms with Gasteiger partial charge in [0.1, 0.15) is 4.83 Å². The summed E-state index contributed by atoms with van der Waals surface area (Å²) in [5, 5.41) is 4.11. The Morgan fingerprint density at radius 2 is 2.16 bits per heavy atom. The van der Waals surface area contributed by atoms with Gasteiger partial charge in [0.05, 0.1) is 23.8 Å². The molecule has 0 unspecified atom stereocenters. The van der Waals surface area contributed by atoms with Crippen LogP contribution in [-0.2, 0) is 29.1 Å². The molecule has 0 bridgehead atoms. The molecule has 1 aliphatic heterocycles. The predicted octanol–water partition coefficient (Wildman–Crippen LogP) is 4.78. The fourth-order valence-corrected chi connectivity index (χ4v) is 5.71. The molecule has 0 saturated heterocycles. The molecule has 1 amide bonds. The number of carbonyl (C=O) groups excluding carboxylic acids is 1. The zero-order valence-corrected chi connectivity index (χ0v) is 20.1. The van der Waals surface area contributed by atoms with Crippen LogP contribution in [0.15, 0.2) is 46.9 Å². The van der Waals surface area contributed by atoms with Gasteiger partial charge in [0.25, 0.3) is 5.56 Å². The van der Waals surface area contributed by atoms with E-state index >= 15 is 0 Å². The summed E-state index contributed by atoms with van der Waals surface area (Å²) in [6, 6.07) is 7.65. The second-order valence-corrected chi connectivity index (χ2v) is 10.3. The Morgan fingerprint density at radius 3 is 2.84 bits per heavy atom. The van der Waals surface area contributed by atoms with Crippen LogP contribution in [0.4, 0.5) is 5.69 Å². The lowest BCUT2D eigenvalue weighted by Gasteiger charge is -2.26. The Bertz CT molecular complexity index is 1210. The van der Waals surface area contributed by atoms with E-state index in [0.29, 0.717) is 29.6 Å². The van der Waals surface area contributed by atoms with E-state index in [4.69, 9.17) is 9.72 Å². The van der Waals surface area contributed by atoms with Gasteiger partial charge in [-0.1, -0.05) is 49.4 Å². The second kappa shape index (κ2) is 9.60. The van der Waals surface area contributed by atoms with Crippen LogP contribution in [0, 0.1) is 12.8 Å². The number of allylic oxidation sites excluding steroid dienone is 1. The van der Waals surface area contributed by atoms with Gasteiger partial charge < -0.3 is 10.1 Å². The minimum absolute atomic E-state index is 0.0711. The molecule has 3 aromatic rings. The Balaban J connectivity index is 1.61. The number of amides is 1. The molecule has 6 nitrogen and oxygen atoms in total. The molecule has 1 aliphatic rings. The average molecular weight is 470 g/mol. The first-order valence-electron chi connectivity index (χ1n) is 10.6. The number of hydrogen-bond acceptors (Lipinski definition) is 6. The minimum Gasteiger partial charge on any atom is -0.372 e. The van der Waals surface area contributed by atoms with Crippen LogP contribution in [-0.4, -0.2) is 27.3 Å². The fraction of sp³-hybridized carbons (Fsp3) is 0.375. The van der Waals surface area contributed by atoms with Crippen molar-refractivity contribution in [1.29, 1.82) is 0 Å². The van der Waals surface area contributed by atoms with Gasteiger partial charge in [-0.05, 0) is 30.5 Å². The number of anilines is 1. The summed E-state index contributed by atoms with van der Waals surface area (Å²) >= 11 is 2.78. The molecular weight excluding hydrogens is 442 g/mol. The number of nitrogens with zero attached hydrogens (tertiary/aromatic N) is 2. The van der Waals surface area contributed by atoms with Gasteiger partial charge in [-0.2, -0.15) is 0 Å². The SMILES string of the molecule is C=CCn1c(SCC(=O)Nc2ccc(C)cc2)nc2sc3c(c2c1=O)C[C@H](C(C)C)OC3. The van der Waals surface area contributed by atoms with E-state index < -0.39 is 0 Å². The number of ether oxygens (including phenoxy) is 1. The maximum atomic E-state index is 13.4. The number of thiophene rings is 1. The Hall–Kier alpha value is -2.42. The van der Waals surface area contributed by atoms with Gasteiger partial charge in [-0.3, -0.25) is 14.2 Å². The van der Waals surface area contributed by atoms with Gasteiger partial charge in [-0.15, -0.1) is 17.9 Å². The van der Waals surface area contributed by atoms with Crippen molar-refractivity contribution in [2.24, 2.45) is 5.92 Å². The predicted molar refractivity (Wildman–Crippen MR) is 132 cm³/mol. The molecule has 168 valence electrons. The van der Waals surface area contributed by atoms with Crippen molar-refractivity contribution in [3.63, 3.8) is 0 Å². The van der Waals surface area contributed by atoms with Crippen molar-refractivity contribution in [2.75, 3.05) is 11.1 Å². The lowest BCUT2D eigenvalue weighted by atomic mass is 9.96. The number of fused-ring (bicyclic) bond motifs is 3. The summed E-state index contributed by atoms with van der Waals surface area (Å²) in [6.07, 6.45) is 2.51. The molecule has 1 N–H and O–H groups in total. The maximum absolute atomic E-state index is 13.4. The number of nitrogens with one attached hydrogen (secondary N) is 1. The highest BCUT2D eigenvalue weighted by molar-refractivity contribution is 7.99. The van der Waals surface area contributed by atoms with Crippen molar-refractivity contribution in [3.05, 3.63) is 63.3 Å². The second-order valence-electron chi connectivity index (χ2n) is 8.28. The van der Waals surface area contributed by atoms with Gasteiger partial charge in [0.15, 0.2) is 5.16 Å². The highest BCUT2D eigenvalue weighted by Crippen LogP contribution is 2.35. The molecule has 0 aliphatic carbocycles. The van der Waals surface area contributed by atoms with Gasteiger partial charge in [0.2, 0.25) is 5.91 Å². The topological polar surface area (TPSA) is 73.2 Å². The van der Waals surface area contributed by atoms with Crippen LogP contribution in [0.1, 0.15) is 29.9 Å². The Labute approximate surface area is 195 Å². The number of aromatic nitrogens is 2. The molecule has 4 rings (SSSR count). The Kier molecular flexibility index (Phi) is 6.83. The van der Waals surface area contributed by atoms with Crippen LogP contribution in [0.25, 0.3) is 10.2 Å². The third-order valence-electron chi connectivity index (χ3n) is 5.52. The van der Waals surface area contributed by atoms with Gasteiger partial charge >= 0.3 is 0 Å². The quantitative estimate of drug-likeness (QED) is 0.306. The number of rotatable bonds is 7. The number of thioether (sulfide) groups is 1. The normalized spacial score (nSPS) is 15.7. The molecule has 0 spiro atoms. The minimum atomic E-state index is -0.142. The third-order valence-corrected chi connectivity index (χ3v) is 7.59. The number of aryl methyl sites for hydroxylation is 1. The van der Waals surface area contributed by atoms with Gasteiger partial charge in [-0.25, -0.2) is 4.98 Å². The summed E-state index contributed by atoms with van der Waals surface area (Å²) in [4.78, 5) is 32.5. The van der Waals surface area contributed by atoms with Crippen molar-refractivity contribution in [3.8, 4) is 0 Å². The van der Waals surface area contributed by atoms with Crippen LogP contribution in [0.5, 0.6) is 0 Å². The number of hydrogen-bond donors (Lipinski definition) is 1. The molecule has 0 radical (unpaired) electrons. The zero-order valence-electron chi connectivity index (χ0n) is 18.5. The van der Waals surface area contributed by atoms with E-state index in [2.05, 4.69) is 25.7 Å². The third kappa shape index (κ3) is 4.67. The smallest absolute Gasteiger partial charge is 0.263 e. The summed E-state index contributed by atoms with van der Waals surface area (Å²) in [7, 11) is 0. The summed E-state index contributed by atoms with van der Waals surface area (Å²) in [6.45, 7) is 10.9. The highest BCUT2D eigenvalue weighted by atomic mass is 32.2. The van der Waals surface area contributed by atoms with Crippen LogP contribution < -0.4 is 10.9 Å². The zero-order chi connectivity index (χ0) is 22.8. The molecule has 3 heterocycles. The summed E-state index contributed by atoms with van der Waals surface area (Å²) in [5.41, 5.74) is 2.88. The van der Waals surface area contributed by atoms with E-state index in [-0.39, 0.29) is 23.3 Å². The maximum Gasteiger partial charge on any atom is 0.263 e. The lowest BCUT2D eigenvalue weighted by Crippen LogP contribution is -2.28. The largest absolute Gasteiger partial charge is 0.372 e. The van der Waals surface area contributed by atoms with Crippen LogP contribution in [0.2, 0.25) is 0 Å². The number of carbonyl (C=O) groups is 1.